The minimum Gasteiger partial charge on any atom is -0.392 e. The second-order valence-electron chi connectivity index (χ2n) is 5.72. The number of anilines is 1. The van der Waals surface area contributed by atoms with Crippen molar-refractivity contribution in [3.05, 3.63) is 5.01 Å². The van der Waals surface area contributed by atoms with Crippen LogP contribution in [0.15, 0.2) is 0 Å². The first-order valence-corrected chi connectivity index (χ1v) is 7.81. The number of nitrogens with one attached hydrogen (secondary N) is 1. The largest absolute Gasteiger partial charge is 0.392 e. The minimum absolute atomic E-state index is 0.0989. The number of hydrogen-bond donors (Lipinski definition) is 2. The van der Waals surface area contributed by atoms with Crippen molar-refractivity contribution in [3.8, 4) is 0 Å². The average molecular weight is 298 g/mol. The number of nitrogens with zero attached hydrogens (tertiary/aromatic N) is 3. The van der Waals surface area contributed by atoms with Gasteiger partial charge in [0.1, 0.15) is 5.01 Å². The van der Waals surface area contributed by atoms with Crippen molar-refractivity contribution < 1.29 is 9.90 Å². The average Bonchev–Trinajstić information content (AvgIpc) is 2.82. The van der Waals surface area contributed by atoms with Gasteiger partial charge < -0.3 is 5.11 Å². The molecule has 7 heteroatoms. The molecule has 0 bridgehead atoms. The normalized spacial score (nSPS) is 24.1. The third kappa shape index (κ3) is 3.97. The maximum absolute atomic E-state index is 12.0. The zero-order valence-electron chi connectivity index (χ0n) is 12.2. The molecule has 1 saturated heterocycles. The molecule has 1 aliphatic heterocycles. The summed E-state index contributed by atoms with van der Waals surface area (Å²) in [6, 6.07) is 0. The lowest BCUT2D eigenvalue weighted by atomic mass is 9.96. The number of rotatable bonds is 4. The molecule has 2 atom stereocenters. The number of aliphatic hydroxyl groups excluding tert-OH is 1. The van der Waals surface area contributed by atoms with Crippen LogP contribution < -0.4 is 5.32 Å². The Labute approximate surface area is 123 Å². The van der Waals surface area contributed by atoms with Crippen LogP contribution in [0.4, 0.5) is 5.13 Å². The van der Waals surface area contributed by atoms with Crippen molar-refractivity contribution >= 4 is 22.4 Å². The summed E-state index contributed by atoms with van der Waals surface area (Å²) >= 11 is 1.41. The summed E-state index contributed by atoms with van der Waals surface area (Å²) in [5.41, 5.74) is 0. The Morgan fingerprint density at radius 3 is 2.90 bits per heavy atom. The molecule has 1 aromatic rings. The molecular weight excluding hydrogens is 276 g/mol. The summed E-state index contributed by atoms with van der Waals surface area (Å²) in [5, 5.41) is 22.1. The van der Waals surface area contributed by atoms with Crippen LogP contribution in [0.2, 0.25) is 0 Å². The van der Waals surface area contributed by atoms with Gasteiger partial charge >= 0.3 is 0 Å². The van der Waals surface area contributed by atoms with E-state index in [4.69, 9.17) is 0 Å². The fourth-order valence-corrected chi connectivity index (χ4v) is 2.90. The number of carbonyl (C=O) groups excluding carboxylic acids is 1. The van der Waals surface area contributed by atoms with Crippen molar-refractivity contribution in [2.45, 2.75) is 39.2 Å². The maximum Gasteiger partial charge on any atom is 0.240 e. The lowest BCUT2D eigenvalue weighted by Gasteiger charge is -2.33. The predicted octanol–water partition coefficient (Wildman–Crippen LogP) is 1.30. The van der Waals surface area contributed by atoms with Crippen LogP contribution in [0.25, 0.3) is 0 Å². The van der Waals surface area contributed by atoms with Gasteiger partial charge in [0, 0.05) is 12.5 Å². The van der Waals surface area contributed by atoms with Gasteiger partial charge in [0.2, 0.25) is 11.0 Å². The monoisotopic (exact) mass is 298 g/mol. The highest BCUT2D eigenvalue weighted by Gasteiger charge is 2.25. The Morgan fingerprint density at radius 1 is 1.55 bits per heavy atom. The first kappa shape index (κ1) is 15.3. The molecule has 2 N–H and O–H groups in total. The summed E-state index contributed by atoms with van der Waals surface area (Å²) in [5.74, 6) is 0.529. The number of aliphatic hydroxyl groups is 1. The zero-order chi connectivity index (χ0) is 14.7. The van der Waals surface area contributed by atoms with Crippen LogP contribution in [0, 0.1) is 5.92 Å². The fourth-order valence-electron chi connectivity index (χ4n) is 2.14. The van der Waals surface area contributed by atoms with Gasteiger partial charge in [-0.05, 0) is 18.9 Å². The smallest absolute Gasteiger partial charge is 0.240 e. The number of likely N-dealkylation sites (tertiary alicyclic amines) is 1. The van der Waals surface area contributed by atoms with Crippen molar-refractivity contribution in [2.75, 3.05) is 25.0 Å². The highest BCUT2D eigenvalue weighted by molar-refractivity contribution is 7.15. The first-order valence-electron chi connectivity index (χ1n) is 6.99. The summed E-state index contributed by atoms with van der Waals surface area (Å²) in [6.07, 6.45) is 0.579. The molecule has 1 fully saturated rings. The van der Waals surface area contributed by atoms with E-state index in [-0.39, 0.29) is 12.0 Å². The van der Waals surface area contributed by atoms with E-state index < -0.39 is 0 Å². The predicted molar refractivity (Wildman–Crippen MR) is 78.9 cm³/mol. The van der Waals surface area contributed by atoms with Crippen LogP contribution in [0.1, 0.15) is 38.1 Å². The molecule has 0 radical (unpaired) electrons. The van der Waals surface area contributed by atoms with Gasteiger partial charge in [-0.3, -0.25) is 15.0 Å². The van der Waals surface area contributed by atoms with Gasteiger partial charge in [-0.15, -0.1) is 10.2 Å². The van der Waals surface area contributed by atoms with Crippen LogP contribution >= 0.6 is 11.3 Å². The molecule has 2 rings (SSSR count). The van der Waals surface area contributed by atoms with Crippen LogP contribution in [-0.4, -0.2) is 51.8 Å². The van der Waals surface area contributed by atoms with Crippen molar-refractivity contribution in [3.63, 3.8) is 0 Å². The molecule has 1 amide bonds. The molecule has 2 unspecified atom stereocenters. The van der Waals surface area contributed by atoms with Crippen molar-refractivity contribution in [1.82, 2.24) is 15.1 Å². The third-order valence-corrected chi connectivity index (χ3v) is 4.69. The summed E-state index contributed by atoms with van der Waals surface area (Å²) in [7, 11) is 0. The Hall–Kier alpha value is -1.05. The Morgan fingerprint density at radius 2 is 2.30 bits per heavy atom. The number of β-amino-alcohol motifs (C(OH)–C–C–N with tert-alkyl or cyclic N) is 1. The Kier molecular flexibility index (Phi) is 5.06. The highest BCUT2D eigenvalue weighted by atomic mass is 32.1. The maximum atomic E-state index is 12.0. The van der Waals surface area contributed by atoms with Crippen LogP contribution in [-0.2, 0) is 4.79 Å². The van der Waals surface area contributed by atoms with Gasteiger partial charge in [-0.2, -0.15) is 0 Å². The van der Waals surface area contributed by atoms with Gasteiger partial charge in [0.05, 0.1) is 12.6 Å². The van der Waals surface area contributed by atoms with E-state index in [1.807, 2.05) is 25.7 Å². The minimum atomic E-state index is -0.342. The lowest BCUT2D eigenvalue weighted by molar-refractivity contribution is -0.118. The fraction of sp³-hybridized carbons (Fsp3) is 0.769. The Balaban J connectivity index is 1.83. The van der Waals surface area contributed by atoms with Crippen molar-refractivity contribution in [1.29, 1.82) is 0 Å². The van der Waals surface area contributed by atoms with E-state index >= 15 is 0 Å². The lowest BCUT2D eigenvalue weighted by Crippen LogP contribution is -2.45. The molecule has 0 spiro atoms. The number of aromatic nitrogens is 2. The standard InChI is InChI=1S/C13H22N4O2S/c1-8(2)12-15-16-13(20-12)14-11(19)7-17-5-4-9(3)10(18)6-17/h8-10,18H,4-7H2,1-3H3,(H,14,16,19). The number of amides is 1. The zero-order valence-corrected chi connectivity index (χ0v) is 13.0. The molecule has 0 aliphatic carbocycles. The molecule has 2 heterocycles. The highest BCUT2D eigenvalue weighted by Crippen LogP contribution is 2.22. The quantitative estimate of drug-likeness (QED) is 0.876. The van der Waals surface area contributed by atoms with Gasteiger partial charge in [0.15, 0.2) is 0 Å². The van der Waals surface area contributed by atoms with Crippen LogP contribution in [0.3, 0.4) is 0 Å². The summed E-state index contributed by atoms with van der Waals surface area (Å²) < 4.78 is 0. The SMILES string of the molecule is CC(C)c1nnc(NC(=O)CN2CCC(C)C(O)C2)s1. The van der Waals surface area contributed by atoms with E-state index in [1.54, 1.807) is 0 Å². The first-order chi connectivity index (χ1) is 9.45. The molecule has 1 aliphatic rings. The summed E-state index contributed by atoms with van der Waals surface area (Å²) in [4.78, 5) is 13.9. The van der Waals surface area contributed by atoms with Gasteiger partial charge in [-0.25, -0.2) is 0 Å². The van der Waals surface area contributed by atoms with Gasteiger partial charge in [0.25, 0.3) is 0 Å². The molecule has 20 heavy (non-hydrogen) atoms. The molecule has 1 aromatic heterocycles. The van der Waals surface area contributed by atoms with Crippen LogP contribution in [0.5, 0.6) is 0 Å². The third-order valence-electron chi connectivity index (χ3n) is 3.55. The number of carbonyl (C=O) groups is 1. The topological polar surface area (TPSA) is 78.4 Å². The van der Waals surface area contributed by atoms with E-state index in [0.717, 1.165) is 18.0 Å². The second kappa shape index (κ2) is 6.60. The molecule has 0 saturated carbocycles. The Bertz CT molecular complexity index is 463. The van der Waals surface area contributed by atoms with E-state index in [0.29, 0.717) is 30.1 Å². The van der Waals surface area contributed by atoms with E-state index in [1.165, 1.54) is 11.3 Å². The van der Waals surface area contributed by atoms with Gasteiger partial charge in [-0.1, -0.05) is 32.1 Å². The molecule has 6 nitrogen and oxygen atoms in total. The van der Waals surface area contributed by atoms with E-state index in [9.17, 15) is 9.90 Å². The second-order valence-corrected chi connectivity index (χ2v) is 6.73. The summed E-state index contributed by atoms with van der Waals surface area (Å²) in [6.45, 7) is 7.82. The molecule has 112 valence electrons. The number of hydrogen-bond acceptors (Lipinski definition) is 6. The van der Waals surface area contributed by atoms with E-state index in [2.05, 4.69) is 15.5 Å². The molecular formula is C13H22N4O2S. The van der Waals surface area contributed by atoms with Crippen molar-refractivity contribution in [2.24, 2.45) is 5.92 Å². The number of piperidine rings is 1. The molecule has 0 aromatic carbocycles.